The molecular formula is C18H24Cl3N3O2. The molecule has 2 aliphatic rings. The Hall–Kier alpha value is -1.01. The molecule has 2 amide bonds. The van der Waals surface area contributed by atoms with Crippen LogP contribution in [-0.2, 0) is 4.79 Å². The van der Waals surface area contributed by atoms with E-state index in [1.54, 1.807) is 23.1 Å². The van der Waals surface area contributed by atoms with Crippen LogP contribution in [0, 0.1) is 5.92 Å². The van der Waals surface area contributed by atoms with Crippen LogP contribution in [0.15, 0.2) is 18.2 Å². The quantitative estimate of drug-likeness (QED) is 0.816. The molecule has 1 aromatic carbocycles. The van der Waals surface area contributed by atoms with E-state index in [9.17, 15) is 9.59 Å². The van der Waals surface area contributed by atoms with Crippen LogP contribution in [0.25, 0.3) is 0 Å². The molecule has 1 heterocycles. The van der Waals surface area contributed by atoms with Gasteiger partial charge in [0.25, 0.3) is 5.91 Å². The highest BCUT2D eigenvalue weighted by Crippen LogP contribution is 2.28. The van der Waals surface area contributed by atoms with Crippen molar-refractivity contribution in [2.45, 2.75) is 31.7 Å². The van der Waals surface area contributed by atoms with Gasteiger partial charge in [0.05, 0.1) is 15.6 Å². The molecule has 0 unspecified atom stereocenters. The molecule has 1 saturated heterocycles. The van der Waals surface area contributed by atoms with E-state index in [2.05, 4.69) is 0 Å². The van der Waals surface area contributed by atoms with E-state index in [4.69, 9.17) is 28.9 Å². The van der Waals surface area contributed by atoms with Crippen molar-refractivity contribution in [1.29, 1.82) is 0 Å². The van der Waals surface area contributed by atoms with Crippen molar-refractivity contribution in [3.8, 4) is 0 Å². The van der Waals surface area contributed by atoms with Crippen molar-refractivity contribution < 1.29 is 9.59 Å². The topological polar surface area (TPSA) is 66.6 Å². The highest BCUT2D eigenvalue weighted by atomic mass is 35.5. The van der Waals surface area contributed by atoms with Gasteiger partial charge >= 0.3 is 0 Å². The van der Waals surface area contributed by atoms with Crippen molar-refractivity contribution in [2.75, 3.05) is 26.2 Å². The molecule has 0 bridgehead atoms. The van der Waals surface area contributed by atoms with Crippen molar-refractivity contribution in [1.82, 2.24) is 9.80 Å². The minimum atomic E-state index is -0.180. The lowest BCUT2D eigenvalue weighted by Crippen LogP contribution is -2.51. The third kappa shape index (κ3) is 4.63. The molecule has 1 aromatic rings. The monoisotopic (exact) mass is 419 g/mol. The zero-order valence-electron chi connectivity index (χ0n) is 14.5. The first kappa shape index (κ1) is 21.3. The Bertz CT molecular complexity index is 643. The molecule has 2 fully saturated rings. The maximum Gasteiger partial charge on any atom is 0.257 e. The van der Waals surface area contributed by atoms with Crippen LogP contribution in [0.4, 0.5) is 0 Å². The van der Waals surface area contributed by atoms with Crippen LogP contribution >= 0.6 is 35.6 Å². The van der Waals surface area contributed by atoms with Crippen LogP contribution < -0.4 is 5.73 Å². The molecule has 0 spiro atoms. The predicted octanol–water partition coefficient (Wildman–Crippen LogP) is 3.22. The fourth-order valence-corrected chi connectivity index (χ4v) is 4.25. The fourth-order valence-electron chi connectivity index (χ4n) is 3.69. The Morgan fingerprint density at radius 3 is 2.15 bits per heavy atom. The van der Waals surface area contributed by atoms with E-state index in [1.165, 1.54) is 0 Å². The summed E-state index contributed by atoms with van der Waals surface area (Å²) in [5.41, 5.74) is 6.40. The number of hydrogen-bond acceptors (Lipinski definition) is 3. The summed E-state index contributed by atoms with van der Waals surface area (Å²) in [5, 5.41) is 0.706. The highest BCUT2D eigenvalue weighted by Gasteiger charge is 2.31. The van der Waals surface area contributed by atoms with Gasteiger partial charge in [-0.15, -0.1) is 12.4 Å². The molecule has 2 atom stereocenters. The second-order valence-electron chi connectivity index (χ2n) is 6.83. The first-order valence-corrected chi connectivity index (χ1v) is 9.49. The fraction of sp³-hybridized carbons (Fsp3) is 0.556. The van der Waals surface area contributed by atoms with Crippen LogP contribution in [0.3, 0.4) is 0 Å². The van der Waals surface area contributed by atoms with E-state index in [-0.39, 0.29) is 30.3 Å². The molecule has 0 radical (unpaired) electrons. The molecule has 0 aromatic heterocycles. The van der Waals surface area contributed by atoms with Gasteiger partial charge in [-0.25, -0.2) is 0 Å². The zero-order chi connectivity index (χ0) is 18.0. The molecule has 1 aliphatic heterocycles. The maximum absolute atomic E-state index is 12.7. The van der Waals surface area contributed by atoms with Gasteiger partial charge in [-0.2, -0.15) is 0 Å². The number of amides is 2. The molecule has 26 heavy (non-hydrogen) atoms. The second-order valence-corrected chi connectivity index (χ2v) is 7.64. The summed E-state index contributed by atoms with van der Waals surface area (Å²) >= 11 is 12.2. The van der Waals surface area contributed by atoms with Gasteiger partial charge in [-0.05, 0) is 30.9 Å². The third-order valence-electron chi connectivity index (χ3n) is 5.25. The molecule has 8 heteroatoms. The Kier molecular flexibility index (Phi) is 7.59. The number of nitrogens with zero attached hydrogens (tertiary/aromatic N) is 2. The number of piperazine rings is 1. The number of nitrogens with two attached hydrogens (primary N) is 1. The summed E-state index contributed by atoms with van der Waals surface area (Å²) in [4.78, 5) is 28.7. The van der Waals surface area contributed by atoms with Gasteiger partial charge in [0.1, 0.15) is 0 Å². The largest absolute Gasteiger partial charge is 0.339 e. The van der Waals surface area contributed by atoms with Gasteiger partial charge in [0.15, 0.2) is 0 Å². The molecule has 2 N–H and O–H groups in total. The first-order chi connectivity index (χ1) is 12.0. The molecule has 1 aliphatic carbocycles. The Morgan fingerprint density at radius 2 is 1.62 bits per heavy atom. The molecule has 5 nitrogen and oxygen atoms in total. The van der Waals surface area contributed by atoms with Gasteiger partial charge in [-0.3, -0.25) is 9.59 Å². The van der Waals surface area contributed by atoms with Crippen molar-refractivity contribution in [3.05, 3.63) is 33.8 Å². The molecular weight excluding hydrogens is 397 g/mol. The lowest BCUT2D eigenvalue weighted by atomic mass is 9.99. The standard InChI is InChI=1S/C18H23Cl2N3O2.ClH/c19-13-4-2-5-14(20)17(13)18(25)23-9-7-22(8-10-23)16(24)11-12-3-1-6-15(12)21;/h2,4-5,12,15H,1,3,6-11,21H2;1H/t12-,15+;/m0./s1. The highest BCUT2D eigenvalue weighted by molar-refractivity contribution is 6.39. The minimum absolute atomic E-state index is 0. The SMILES string of the molecule is Cl.N[C@@H]1CCC[C@H]1CC(=O)N1CCN(C(=O)c2c(Cl)cccc2Cl)CC1. The maximum atomic E-state index is 12.7. The van der Waals surface area contributed by atoms with E-state index in [0.717, 1.165) is 19.3 Å². The summed E-state index contributed by atoms with van der Waals surface area (Å²) < 4.78 is 0. The minimum Gasteiger partial charge on any atom is -0.339 e. The summed E-state index contributed by atoms with van der Waals surface area (Å²) in [7, 11) is 0. The summed E-state index contributed by atoms with van der Waals surface area (Å²) in [6.45, 7) is 2.05. The van der Waals surface area contributed by atoms with E-state index < -0.39 is 0 Å². The number of benzene rings is 1. The predicted molar refractivity (Wildman–Crippen MR) is 106 cm³/mol. The van der Waals surface area contributed by atoms with E-state index in [0.29, 0.717) is 54.1 Å². The van der Waals surface area contributed by atoms with Gasteiger partial charge in [-0.1, -0.05) is 35.7 Å². The van der Waals surface area contributed by atoms with E-state index >= 15 is 0 Å². The summed E-state index contributed by atoms with van der Waals surface area (Å²) in [6, 6.07) is 5.18. The normalized spacial score (nSPS) is 22.9. The average Bonchev–Trinajstić information content (AvgIpc) is 2.99. The molecule has 1 saturated carbocycles. The van der Waals surface area contributed by atoms with Crippen molar-refractivity contribution in [3.63, 3.8) is 0 Å². The second kappa shape index (κ2) is 9.27. The van der Waals surface area contributed by atoms with Crippen molar-refractivity contribution >= 4 is 47.4 Å². The summed E-state index contributed by atoms with van der Waals surface area (Å²) in [6.07, 6.45) is 3.68. The Labute approximate surface area is 170 Å². The van der Waals surface area contributed by atoms with Crippen LogP contribution in [0.5, 0.6) is 0 Å². The number of carbonyl (C=O) groups is 2. The lowest BCUT2D eigenvalue weighted by Gasteiger charge is -2.35. The van der Waals surface area contributed by atoms with E-state index in [1.807, 2.05) is 4.90 Å². The summed E-state index contributed by atoms with van der Waals surface area (Å²) in [5.74, 6) is 0.264. The third-order valence-corrected chi connectivity index (χ3v) is 5.88. The zero-order valence-corrected chi connectivity index (χ0v) is 16.8. The van der Waals surface area contributed by atoms with Crippen LogP contribution in [0.1, 0.15) is 36.0 Å². The molecule has 3 rings (SSSR count). The first-order valence-electron chi connectivity index (χ1n) is 8.74. The van der Waals surface area contributed by atoms with Gasteiger partial charge in [0, 0.05) is 38.6 Å². The lowest BCUT2D eigenvalue weighted by molar-refractivity contribution is -0.133. The van der Waals surface area contributed by atoms with Crippen molar-refractivity contribution in [2.24, 2.45) is 11.7 Å². The Morgan fingerprint density at radius 1 is 1.04 bits per heavy atom. The number of hydrogen-bond donors (Lipinski definition) is 1. The number of rotatable bonds is 3. The smallest absolute Gasteiger partial charge is 0.257 e. The van der Waals surface area contributed by atoms with Crippen LogP contribution in [-0.4, -0.2) is 53.8 Å². The van der Waals surface area contributed by atoms with Crippen LogP contribution in [0.2, 0.25) is 10.0 Å². The van der Waals surface area contributed by atoms with Gasteiger partial charge < -0.3 is 15.5 Å². The molecule has 144 valence electrons. The Balaban J connectivity index is 0.00000243. The number of carbonyl (C=O) groups excluding carboxylic acids is 2. The average molecular weight is 421 g/mol. The number of halogens is 3. The van der Waals surface area contributed by atoms with Gasteiger partial charge in [0.2, 0.25) is 5.91 Å².